The van der Waals surface area contributed by atoms with Gasteiger partial charge in [-0.05, 0) is 18.6 Å². The Morgan fingerprint density at radius 1 is 1.00 bits per heavy atom. The molecule has 1 aromatic carbocycles. The highest BCUT2D eigenvalue weighted by Crippen LogP contribution is 2.17. The van der Waals surface area contributed by atoms with E-state index in [-0.39, 0.29) is 0 Å². The zero-order valence-electron chi connectivity index (χ0n) is 13.8. The third-order valence-corrected chi connectivity index (χ3v) is 4.05. The number of nitrogens with zero attached hydrogens (tertiary/aromatic N) is 2. The monoisotopic (exact) mass is 303 g/mol. The van der Waals surface area contributed by atoms with Gasteiger partial charge in [0, 0.05) is 6.61 Å². The van der Waals surface area contributed by atoms with Crippen molar-refractivity contribution in [2.24, 2.45) is 0 Å². The molecule has 22 heavy (non-hydrogen) atoms. The summed E-state index contributed by atoms with van der Waals surface area (Å²) in [4.78, 5) is 4.34. The summed E-state index contributed by atoms with van der Waals surface area (Å²) in [5, 5.41) is 0. The second kappa shape index (κ2) is 9.46. The van der Waals surface area contributed by atoms with Gasteiger partial charge in [0.2, 0.25) is 5.95 Å². The molecule has 0 radical (unpaired) electrons. The maximum Gasteiger partial charge on any atom is 0.203 e. The number of nitrogens with two attached hydrogens (primary N) is 1. The lowest BCUT2D eigenvalue weighted by molar-refractivity contribution is 0.0776. The van der Waals surface area contributed by atoms with Crippen molar-refractivity contribution < 1.29 is 4.74 Å². The zero-order valence-corrected chi connectivity index (χ0v) is 13.8. The van der Waals surface area contributed by atoms with Crippen LogP contribution in [0.4, 0.5) is 5.95 Å². The standard InChI is InChI=1S/C18H29N3O/c1-2-3-4-5-6-7-8-11-14-22-15-21-17-13-10-9-12-16(17)20-18(21)19/h9-10,12-13H,2-8,11,14-15H2,1H3,(H2,19,20). The van der Waals surface area contributed by atoms with Crippen LogP contribution >= 0.6 is 0 Å². The first-order chi connectivity index (χ1) is 10.8. The molecule has 0 spiro atoms. The van der Waals surface area contributed by atoms with Crippen LogP contribution in [0.15, 0.2) is 24.3 Å². The SMILES string of the molecule is CCCCCCCCCCOCn1c(N)nc2ccccc21. The Kier molecular flexibility index (Phi) is 7.23. The third-order valence-electron chi connectivity index (χ3n) is 4.05. The van der Waals surface area contributed by atoms with E-state index in [4.69, 9.17) is 10.5 Å². The largest absolute Gasteiger partial charge is 0.369 e. The molecule has 0 atom stereocenters. The number of aromatic nitrogens is 2. The Hall–Kier alpha value is -1.55. The first-order valence-electron chi connectivity index (χ1n) is 8.61. The summed E-state index contributed by atoms with van der Waals surface area (Å²) in [6, 6.07) is 7.97. The lowest BCUT2D eigenvalue weighted by Crippen LogP contribution is -2.07. The quantitative estimate of drug-likeness (QED) is 0.610. The highest BCUT2D eigenvalue weighted by atomic mass is 16.5. The van der Waals surface area contributed by atoms with Crippen LogP contribution in [0.5, 0.6) is 0 Å². The highest BCUT2D eigenvalue weighted by molar-refractivity contribution is 5.78. The van der Waals surface area contributed by atoms with Crippen LogP contribution in [0.2, 0.25) is 0 Å². The molecule has 1 heterocycles. The summed E-state index contributed by atoms with van der Waals surface area (Å²) in [6.45, 7) is 3.54. The van der Waals surface area contributed by atoms with E-state index in [1.54, 1.807) is 0 Å². The summed E-state index contributed by atoms with van der Waals surface area (Å²) in [5.41, 5.74) is 7.91. The van der Waals surface area contributed by atoms with Crippen LogP contribution in [0.25, 0.3) is 11.0 Å². The van der Waals surface area contributed by atoms with Crippen LogP contribution in [0.1, 0.15) is 58.3 Å². The van der Waals surface area contributed by atoms with Crippen molar-refractivity contribution >= 4 is 17.0 Å². The molecule has 0 saturated carbocycles. The van der Waals surface area contributed by atoms with Crippen LogP contribution in [-0.2, 0) is 11.5 Å². The fraction of sp³-hybridized carbons (Fsp3) is 0.611. The van der Waals surface area contributed by atoms with E-state index in [0.717, 1.165) is 24.1 Å². The van der Waals surface area contributed by atoms with Crippen LogP contribution in [-0.4, -0.2) is 16.2 Å². The van der Waals surface area contributed by atoms with Crippen molar-refractivity contribution in [3.63, 3.8) is 0 Å². The van der Waals surface area contributed by atoms with Gasteiger partial charge in [0.1, 0.15) is 6.73 Å². The fourth-order valence-corrected chi connectivity index (χ4v) is 2.72. The Balaban J connectivity index is 1.59. The number of para-hydroxylation sites is 2. The Morgan fingerprint density at radius 3 is 2.45 bits per heavy atom. The maximum atomic E-state index is 5.95. The van der Waals surface area contributed by atoms with Crippen molar-refractivity contribution in [1.29, 1.82) is 0 Å². The van der Waals surface area contributed by atoms with Crippen LogP contribution < -0.4 is 5.73 Å². The summed E-state index contributed by atoms with van der Waals surface area (Å²) >= 11 is 0. The maximum absolute atomic E-state index is 5.95. The molecule has 2 N–H and O–H groups in total. The average Bonchev–Trinajstić information content (AvgIpc) is 2.85. The minimum Gasteiger partial charge on any atom is -0.369 e. The first kappa shape index (κ1) is 16.8. The predicted octanol–water partition coefficient (Wildman–Crippen LogP) is 4.73. The number of fused-ring (bicyclic) bond motifs is 1. The average molecular weight is 303 g/mol. The van der Waals surface area contributed by atoms with E-state index in [1.165, 1.54) is 44.9 Å². The van der Waals surface area contributed by atoms with E-state index < -0.39 is 0 Å². The van der Waals surface area contributed by atoms with E-state index in [2.05, 4.69) is 11.9 Å². The second-order valence-corrected chi connectivity index (χ2v) is 5.90. The molecular weight excluding hydrogens is 274 g/mol. The van der Waals surface area contributed by atoms with Gasteiger partial charge in [0.05, 0.1) is 11.0 Å². The molecule has 0 unspecified atom stereocenters. The smallest absolute Gasteiger partial charge is 0.203 e. The lowest BCUT2D eigenvalue weighted by atomic mass is 10.1. The van der Waals surface area contributed by atoms with Gasteiger partial charge in [0.25, 0.3) is 0 Å². The normalized spacial score (nSPS) is 11.3. The fourth-order valence-electron chi connectivity index (χ4n) is 2.72. The van der Waals surface area contributed by atoms with Crippen molar-refractivity contribution in [3.05, 3.63) is 24.3 Å². The van der Waals surface area contributed by atoms with Gasteiger partial charge < -0.3 is 10.5 Å². The first-order valence-corrected chi connectivity index (χ1v) is 8.61. The number of benzene rings is 1. The van der Waals surface area contributed by atoms with Gasteiger partial charge in [-0.15, -0.1) is 0 Å². The molecule has 1 aromatic heterocycles. The van der Waals surface area contributed by atoms with Crippen LogP contribution in [0.3, 0.4) is 0 Å². The Labute approximate surface area is 133 Å². The third kappa shape index (κ3) is 5.02. The van der Waals surface area contributed by atoms with E-state index in [1.807, 2.05) is 28.8 Å². The summed E-state index contributed by atoms with van der Waals surface area (Å²) in [5.74, 6) is 0.525. The van der Waals surface area contributed by atoms with Gasteiger partial charge in [-0.25, -0.2) is 4.98 Å². The molecule has 2 aromatic rings. The summed E-state index contributed by atoms with van der Waals surface area (Å²) in [7, 11) is 0. The number of rotatable bonds is 11. The number of nitrogen functional groups attached to an aromatic ring is 1. The molecule has 122 valence electrons. The topological polar surface area (TPSA) is 53.1 Å². The number of hydrogen-bond donors (Lipinski definition) is 1. The van der Waals surface area contributed by atoms with Crippen LogP contribution in [0, 0.1) is 0 Å². The number of imidazole rings is 1. The van der Waals surface area contributed by atoms with Crippen molar-refractivity contribution in [2.75, 3.05) is 12.3 Å². The van der Waals surface area contributed by atoms with Crippen molar-refractivity contribution in [3.8, 4) is 0 Å². The Bertz CT molecular complexity index is 550. The van der Waals surface area contributed by atoms with E-state index in [9.17, 15) is 0 Å². The highest BCUT2D eigenvalue weighted by Gasteiger charge is 2.06. The van der Waals surface area contributed by atoms with Gasteiger partial charge in [-0.2, -0.15) is 0 Å². The number of anilines is 1. The molecule has 2 rings (SSSR count). The molecule has 0 aliphatic heterocycles. The van der Waals surface area contributed by atoms with E-state index in [0.29, 0.717) is 12.7 Å². The van der Waals surface area contributed by atoms with Crippen molar-refractivity contribution in [1.82, 2.24) is 9.55 Å². The Morgan fingerprint density at radius 2 is 1.68 bits per heavy atom. The molecule has 0 bridgehead atoms. The molecule has 0 amide bonds. The molecule has 0 saturated heterocycles. The van der Waals surface area contributed by atoms with E-state index >= 15 is 0 Å². The van der Waals surface area contributed by atoms with Crippen molar-refractivity contribution in [2.45, 2.75) is 65.0 Å². The summed E-state index contributed by atoms with van der Waals surface area (Å²) in [6.07, 6.45) is 10.5. The van der Waals surface area contributed by atoms with Gasteiger partial charge in [-0.3, -0.25) is 4.57 Å². The molecule has 0 fully saturated rings. The summed E-state index contributed by atoms with van der Waals surface area (Å²) < 4.78 is 7.69. The minimum absolute atomic E-state index is 0.489. The number of unbranched alkanes of at least 4 members (excludes halogenated alkanes) is 7. The number of hydrogen-bond acceptors (Lipinski definition) is 3. The second-order valence-electron chi connectivity index (χ2n) is 5.90. The molecule has 0 aliphatic carbocycles. The molecule has 4 heteroatoms. The zero-order chi connectivity index (χ0) is 15.6. The predicted molar refractivity (Wildman–Crippen MR) is 92.7 cm³/mol. The minimum atomic E-state index is 0.489. The van der Waals surface area contributed by atoms with Gasteiger partial charge >= 0.3 is 0 Å². The lowest BCUT2D eigenvalue weighted by Gasteiger charge is -2.08. The molecule has 0 aliphatic rings. The molecular formula is C18H29N3O. The number of ether oxygens (including phenoxy) is 1. The van der Waals surface area contributed by atoms with Gasteiger partial charge in [0.15, 0.2) is 0 Å². The van der Waals surface area contributed by atoms with Gasteiger partial charge in [-0.1, -0.05) is 64.0 Å². The molecule has 4 nitrogen and oxygen atoms in total.